The standard InChI is InChI=1S/C20H20N4OS2/c1-13(2)18(14-8-4-3-5-9-14)21-17(25)12-26-19-22-23-20-24(19)15-10-6-7-11-16(15)27-20/h3-11,13,18H,12H2,1-2H3,(H,21,25). The number of aromatic nitrogens is 3. The Labute approximate surface area is 165 Å². The predicted octanol–water partition coefficient (Wildman–Crippen LogP) is 4.55. The van der Waals surface area contributed by atoms with Gasteiger partial charge in [-0.25, -0.2) is 0 Å². The Balaban J connectivity index is 1.48. The van der Waals surface area contributed by atoms with Gasteiger partial charge < -0.3 is 5.32 Å². The third-order valence-electron chi connectivity index (χ3n) is 4.39. The number of fused-ring (bicyclic) bond motifs is 3. The summed E-state index contributed by atoms with van der Waals surface area (Å²) in [5, 5.41) is 12.4. The molecule has 0 aliphatic heterocycles. The second-order valence-electron chi connectivity index (χ2n) is 6.66. The van der Waals surface area contributed by atoms with Crippen LogP contribution in [0.5, 0.6) is 0 Å². The lowest BCUT2D eigenvalue weighted by molar-refractivity contribution is -0.119. The lowest BCUT2D eigenvalue weighted by atomic mass is 9.96. The zero-order chi connectivity index (χ0) is 18.8. The third-order valence-corrected chi connectivity index (χ3v) is 6.33. The summed E-state index contributed by atoms with van der Waals surface area (Å²) in [6, 6.07) is 18.2. The highest BCUT2D eigenvalue weighted by Gasteiger charge is 2.19. The SMILES string of the molecule is CC(C)C(NC(=O)CSc1nnc2sc3ccccc3n12)c1ccccc1. The topological polar surface area (TPSA) is 59.3 Å². The summed E-state index contributed by atoms with van der Waals surface area (Å²) in [6.45, 7) is 4.23. The number of benzene rings is 2. The molecule has 138 valence electrons. The molecule has 7 heteroatoms. The highest BCUT2D eigenvalue weighted by Crippen LogP contribution is 2.29. The fourth-order valence-electron chi connectivity index (χ4n) is 3.09. The molecule has 1 atom stereocenters. The average molecular weight is 397 g/mol. The van der Waals surface area contributed by atoms with E-state index in [2.05, 4.69) is 53.6 Å². The second-order valence-corrected chi connectivity index (χ2v) is 8.61. The van der Waals surface area contributed by atoms with Crippen molar-refractivity contribution >= 4 is 44.2 Å². The van der Waals surface area contributed by atoms with Crippen molar-refractivity contribution in [3.8, 4) is 0 Å². The van der Waals surface area contributed by atoms with Crippen molar-refractivity contribution in [2.24, 2.45) is 5.92 Å². The number of thioether (sulfide) groups is 1. The van der Waals surface area contributed by atoms with Gasteiger partial charge in [-0.3, -0.25) is 9.20 Å². The number of nitrogens with one attached hydrogen (secondary N) is 1. The lowest BCUT2D eigenvalue weighted by Crippen LogP contribution is -2.33. The molecule has 2 aromatic heterocycles. The molecule has 27 heavy (non-hydrogen) atoms. The van der Waals surface area contributed by atoms with Gasteiger partial charge in [0, 0.05) is 0 Å². The van der Waals surface area contributed by atoms with Crippen LogP contribution in [0.3, 0.4) is 0 Å². The van der Waals surface area contributed by atoms with Crippen molar-refractivity contribution in [2.75, 3.05) is 5.75 Å². The summed E-state index contributed by atoms with van der Waals surface area (Å²) in [4.78, 5) is 13.4. The van der Waals surface area contributed by atoms with Gasteiger partial charge in [-0.1, -0.05) is 79.4 Å². The number of rotatable bonds is 6. The van der Waals surface area contributed by atoms with Crippen LogP contribution in [0.2, 0.25) is 0 Å². The molecule has 0 aliphatic carbocycles. The maximum absolute atomic E-state index is 12.6. The number of amides is 1. The highest BCUT2D eigenvalue weighted by atomic mass is 32.2. The van der Waals surface area contributed by atoms with Gasteiger partial charge in [0.05, 0.1) is 22.0 Å². The quantitative estimate of drug-likeness (QED) is 0.486. The molecule has 5 nitrogen and oxygen atoms in total. The van der Waals surface area contributed by atoms with Crippen molar-refractivity contribution in [1.29, 1.82) is 0 Å². The van der Waals surface area contributed by atoms with Crippen molar-refractivity contribution < 1.29 is 4.79 Å². The van der Waals surface area contributed by atoms with E-state index in [0.29, 0.717) is 11.7 Å². The molecule has 0 saturated carbocycles. The predicted molar refractivity (Wildman–Crippen MR) is 111 cm³/mol. The van der Waals surface area contributed by atoms with E-state index < -0.39 is 0 Å². The number of para-hydroxylation sites is 1. The van der Waals surface area contributed by atoms with Crippen molar-refractivity contribution in [2.45, 2.75) is 25.0 Å². The van der Waals surface area contributed by atoms with E-state index in [1.807, 2.05) is 34.7 Å². The average Bonchev–Trinajstić information content (AvgIpc) is 3.24. The van der Waals surface area contributed by atoms with E-state index in [1.54, 1.807) is 11.3 Å². The molecule has 4 rings (SSSR count). The Bertz CT molecular complexity index is 1070. The van der Waals surface area contributed by atoms with Crippen LogP contribution in [0.25, 0.3) is 15.2 Å². The maximum Gasteiger partial charge on any atom is 0.230 e. The third kappa shape index (κ3) is 3.70. The van der Waals surface area contributed by atoms with Gasteiger partial charge in [0.15, 0.2) is 5.16 Å². The molecule has 0 radical (unpaired) electrons. The molecule has 4 aromatic rings. The molecule has 0 fully saturated rings. The Morgan fingerprint density at radius 1 is 1.11 bits per heavy atom. The van der Waals surface area contributed by atoms with Gasteiger partial charge >= 0.3 is 0 Å². The normalized spacial score (nSPS) is 12.7. The number of carbonyl (C=O) groups excluding carboxylic acids is 1. The lowest BCUT2D eigenvalue weighted by Gasteiger charge is -2.22. The molecule has 0 saturated heterocycles. The zero-order valence-electron chi connectivity index (χ0n) is 15.1. The number of carbonyl (C=O) groups is 1. The maximum atomic E-state index is 12.6. The van der Waals surface area contributed by atoms with E-state index in [1.165, 1.54) is 11.8 Å². The van der Waals surface area contributed by atoms with Crippen molar-refractivity contribution in [3.63, 3.8) is 0 Å². The van der Waals surface area contributed by atoms with Crippen LogP contribution in [0, 0.1) is 5.92 Å². The summed E-state index contributed by atoms with van der Waals surface area (Å²) in [5.41, 5.74) is 2.20. The summed E-state index contributed by atoms with van der Waals surface area (Å²) in [6.07, 6.45) is 0. The smallest absolute Gasteiger partial charge is 0.230 e. The number of hydrogen-bond acceptors (Lipinski definition) is 5. The minimum absolute atomic E-state index is 0.000281. The van der Waals surface area contributed by atoms with Gasteiger partial charge in [-0.15, -0.1) is 10.2 Å². The van der Waals surface area contributed by atoms with Gasteiger partial charge in [-0.05, 0) is 23.6 Å². The van der Waals surface area contributed by atoms with E-state index in [4.69, 9.17) is 0 Å². The summed E-state index contributed by atoms with van der Waals surface area (Å²) in [5.74, 6) is 0.613. The van der Waals surface area contributed by atoms with Gasteiger partial charge in [-0.2, -0.15) is 0 Å². The fourth-order valence-corrected chi connectivity index (χ4v) is 4.87. The Morgan fingerprint density at radius 2 is 1.85 bits per heavy atom. The van der Waals surface area contributed by atoms with Crippen LogP contribution in [-0.2, 0) is 4.79 Å². The van der Waals surface area contributed by atoms with Gasteiger partial charge in [0.2, 0.25) is 10.9 Å². The first-order valence-corrected chi connectivity index (χ1v) is 10.6. The molecular formula is C20H20N4OS2. The van der Waals surface area contributed by atoms with Gasteiger partial charge in [0.1, 0.15) is 0 Å². The monoisotopic (exact) mass is 396 g/mol. The highest BCUT2D eigenvalue weighted by molar-refractivity contribution is 7.99. The van der Waals surface area contributed by atoms with E-state index in [-0.39, 0.29) is 11.9 Å². The van der Waals surface area contributed by atoms with Crippen LogP contribution in [0.15, 0.2) is 59.8 Å². The summed E-state index contributed by atoms with van der Waals surface area (Å²) < 4.78 is 3.19. The minimum Gasteiger partial charge on any atom is -0.348 e. The number of thiazole rings is 1. The molecule has 2 heterocycles. The van der Waals surface area contributed by atoms with Crippen LogP contribution >= 0.6 is 23.1 Å². The van der Waals surface area contributed by atoms with Crippen molar-refractivity contribution in [3.05, 3.63) is 60.2 Å². The van der Waals surface area contributed by atoms with Crippen LogP contribution in [0.1, 0.15) is 25.5 Å². The first kappa shape index (κ1) is 18.0. The Kier molecular flexibility index (Phi) is 5.13. The molecule has 0 aliphatic rings. The fraction of sp³-hybridized carbons (Fsp3) is 0.250. The first-order valence-electron chi connectivity index (χ1n) is 8.83. The Morgan fingerprint density at radius 3 is 2.63 bits per heavy atom. The molecule has 1 N–H and O–H groups in total. The second kappa shape index (κ2) is 7.70. The van der Waals surface area contributed by atoms with Crippen molar-refractivity contribution in [1.82, 2.24) is 19.9 Å². The Hall–Kier alpha value is -2.38. The summed E-state index contributed by atoms with van der Waals surface area (Å²) in [7, 11) is 0. The molecular weight excluding hydrogens is 376 g/mol. The largest absolute Gasteiger partial charge is 0.348 e. The zero-order valence-corrected chi connectivity index (χ0v) is 16.8. The molecule has 1 amide bonds. The number of nitrogens with zero attached hydrogens (tertiary/aromatic N) is 3. The molecule has 0 spiro atoms. The van der Waals surface area contributed by atoms with Crippen LogP contribution < -0.4 is 5.32 Å². The van der Waals surface area contributed by atoms with E-state index >= 15 is 0 Å². The molecule has 2 aromatic carbocycles. The van der Waals surface area contributed by atoms with E-state index in [0.717, 1.165) is 25.9 Å². The van der Waals surface area contributed by atoms with Gasteiger partial charge in [0.25, 0.3) is 0 Å². The molecule has 0 bridgehead atoms. The first-order chi connectivity index (χ1) is 13.1. The van der Waals surface area contributed by atoms with E-state index in [9.17, 15) is 4.79 Å². The minimum atomic E-state index is -0.00108. The summed E-state index contributed by atoms with van der Waals surface area (Å²) >= 11 is 3.02. The molecule has 1 unspecified atom stereocenters. The number of hydrogen-bond donors (Lipinski definition) is 1. The van der Waals surface area contributed by atoms with Crippen LogP contribution in [-0.4, -0.2) is 26.3 Å². The van der Waals surface area contributed by atoms with Crippen LogP contribution in [0.4, 0.5) is 0 Å².